The van der Waals surface area contributed by atoms with E-state index in [0.717, 1.165) is 11.4 Å². The summed E-state index contributed by atoms with van der Waals surface area (Å²) in [6.45, 7) is 2.11. The van der Waals surface area contributed by atoms with Crippen molar-refractivity contribution in [2.75, 3.05) is 4.90 Å². The van der Waals surface area contributed by atoms with Crippen molar-refractivity contribution in [1.82, 2.24) is 0 Å². The second kappa shape index (κ2) is 5.01. The van der Waals surface area contributed by atoms with Crippen LogP contribution < -0.4 is 4.90 Å². The third-order valence-electron chi connectivity index (χ3n) is 3.11. The maximum atomic E-state index is 3.12. The molecule has 1 heteroatoms. The molecule has 0 spiro atoms. The summed E-state index contributed by atoms with van der Waals surface area (Å²) in [5.41, 5.74) is 7.85. The second-order valence-corrected chi connectivity index (χ2v) is 4.58. The summed E-state index contributed by atoms with van der Waals surface area (Å²) in [7, 11) is 0. The first-order valence-electron chi connectivity index (χ1n) is 6.39. The van der Waals surface area contributed by atoms with Gasteiger partial charge >= 0.3 is 0 Å². The lowest BCUT2D eigenvalue weighted by molar-refractivity contribution is 1.21. The maximum Gasteiger partial charge on any atom is 0.0544 e. The number of benzene rings is 2. The van der Waals surface area contributed by atoms with E-state index in [9.17, 15) is 0 Å². The van der Waals surface area contributed by atoms with E-state index in [1.54, 1.807) is 0 Å². The SMILES string of the molecule is Cc1cccc(N(C2=CC=C=C2)c2ccccc2)c1. The van der Waals surface area contributed by atoms with Gasteiger partial charge in [0.25, 0.3) is 0 Å². The number of para-hydroxylation sites is 1. The van der Waals surface area contributed by atoms with Crippen LogP contribution in [-0.4, -0.2) is 0 Å². The fourth-order valence-corrected chi connectivity index (χ4v) is 2.25. The molecule has 0 radical (unpaired) electrons. The van der Waals surface area contributed by atoms with Gasteiger partial charge in [0.15, 0.2) is 0 Å². The number of allylic oxidation sites excluding steroid dienone is 2. The van der Waals surface area contributed by atoms with Crippen LogP contribution >= 0.6 is 0 Å². The Labute approximate surface area is 113 Å². The molecular formula is C18H15N. The third-order valence-corrected chi connectivity index (χ3v) is 3.11. The topological polar surface area (TPSA) is 3.24 Å². The summed E-state index contributed by atoms with van der Waals surface area (Å²) in [4.78, 5) is 2.24. The van der Waals surface area contributed by atoms with Gasteiger partial charge < -0.3 is 4.90 Å². The largest absolute Gasteiger partial charge is 0.310 e. The van der Waals surface area contributed by atoms with Crippen LogP contribution in [0.2, 0.25) is 0 Å². The Morgan fingerprint density at radius 1 is 0.895 bits per heavy atom. The molecule has 1 aliphatic carbocycles. The van der Waals surface area contributed by atoms with Gasteiger partial charge in [-0.15, -0.1) is 5.73 Å². The number of rotatable bonds is 3. The average molecular weight is 245 g/mol. The second-order valence-electron chi connectivity index (χ2n) is 4.58. The first kappa shape index (κ1) is 11.6. The van der Waals surface area contributed by atoms with Crippen molar-refractivity contribution < 1.29 is 0 Å². The Kier molecular flexibility index (Phi) is 3.06. The van der Waals surface area contributed by atoms with E-state index in [1.807, 2.05) is 18.2 Å². The van der Waals surface area contributed by atoms with Gasteiger partial charge in [-0.25, -0.2) is 0 Å². The molecule has 0 N–H and O–H groups in total. The van der Waals surface area contributed by atoms with E-state index in [2.05, 4.69) is 72.2 Å². The van der Waals surface area contributed by atoms with Crippen molar-refractivity contribution >= 4 is 11.4 Å². The van der Waals surface area contributed by atoms with Gasteiger partial charge in [0.05, 0.1) is 5.70 Å². The zero-order chi connectivity index (χ0) is 13.1. The van der Waals surface area contributed by atoms with E-state index in [0.29, 0.717) is 0 Å². The molecule has 0 unspecified atom stereocenters. The fraction of sp³-hybridized carbons (Fsp3) is 0.0556. The normalized spacial score (nSPS) is 12.6. The quantitative estimate of drug-likeness (QED) is 0.706. The number of aryl methyl sites for hydroxylation is 1. The standard InChI is InChI=1S/C18H15N/c1-15-8-7-13-18(14-15)19(17-11-5-6-12-17)16-9-3-2-4-10-16/h2-5,7-14H,1H3. The third kappa shape index (κ3) is 2.37. The van der Waals surface area contributed by atoms with E-state index >= 15 is 0 Å². The predicted molar refractivity (Wildman–Crippen MR) is 80.5 cm³/mol. The molecule has 0 aliphatic heterocycles. The summed E-state index contributed by atoms with van der Waals surface area (Å²) < 4.78 is 0. The molecule has 0 atom stereocenters. The lowest BCUT2D eigenvalue weighted by atomic mass is 10.1. The fourth-order valence-electron chi connectivity index (χ4n) is 2.25. The summed E-state index contributed by atoms with van der Waals surface area (Å²) in [5, 5.41) is 0. The van der Waals surface area contributed by atoms with Gasteiger partial charge in [-0.1, -0.05) is 30.3 Å². The minimum Gasteiger partial charge on any atom is -0.310 e. The molecule has 1 nitrogen and oxygen atoms in total. The van der Waals surface area contributed by atoms with Gasteiger partial charge in [0, 0.05) is 17.5 Å². The molecule has 0 aromatic heterocycles. The van der Waals surface area contributed by atoms with Crippen molar-refractivity contribution in [2.24, 2.45) is 0 Å². The van der Waals surface area contributed by atoms with Crippen LogP contribution in [0.25, 0.3) is 0 Å². The summed E-state index contributed by atoms with van der Waals surface area (Å²) in [6, 6.07) is 18.9. The Hall–Kier alpha value is -2.50. The van der Waals surface area contributed by atoms with Crippen LogP contribution in [0.4, 0.5) is 11.4 Å². The van der Waals surface area contributed by atoms with E-state index in [4.69, 9.17) is 0 Å². The molecular weight excluding hydrogens is 230 g/mol. The van der Waals surface area contributed by atoms with Gasteiger partial charge in [0.2, 0.25) is 0 Å². The van der Waals surface area contributed by atoms with Crippen LogP contribution in [0.5, 0.6) is 0 Å². The zero-order valence-electron chi connectivity index (χ0n) is 10.9. The molecule has 0 saturated heterocycles. The van der Waals surface area contributed by atoms with Crippen molar-refractivity contribution in [3.63, 3.8) is 0 Å². The molecule has 2 aromatic carbocycles. The average Bonchev–Trinajstić information content (AvgIpc) is 2.94. The number of hydrogen-bond donors (Lipinski definition) is 0. The van der Waals surface area contributed by atoms with E-state index < -0.39 is 0 Å². The van der Waals surface area contributed by atoms with Crippen LogP contribution in [0.1, 0.15) is 5.56 Å². The highest BCUT2D eigenvalue weighted by molar-refractivity contribution is 5.71. The van der Waals surface area contributed by atoms with Gasteiger partial charge in [-0.2, -0.15) is 0 Å². The zero-order valence-corrected chi connectivity index (χ0v) is 10.9. The highest BCUT2D eigenvalue weighted by Crippen LogP contribution is 2.31. The molecule has 0 amide bonds. The molecule has 2 aromatic rings. The maximum absolute atomic E-state index is 3.12. The molecule has 3 rings (SSSR count). The Morgan fingerprint density at radius 3 is 2.37 bits per heavy atom. The Morgan fingerprint density at radius 2 is 1.68 bits per heavy atom. The number of anilines is 2. The molecule has 0 saturated carbocycles. The molecule has 0 fully saturated rings. The summed E-state index contributed by atoms with van der Waals surface area (Å²) in [6.07, 6.45) is 6.03. The summed E-state index contributed by atoms with van der Waals surface area (Å²) >= 11 is 0. The van der Waals surface area contributed by atoms with Crippen LogP contribution in [0.3, 0.4) is 0 Å². The highest BCUT2D eigenvalue weighted by Gasteiger charge is 2.13. The van der Waals surface area contributed by atoms with E-state index in [1.165, 1.54) is 11.3 Å². The number of nitrogens with zero attached hydrogens (tertiary/aromatic N) is 1. The smallest absolute Gasteiger partial charge is 0.0544 e. The van der Waals surface area contributed by atoms with Crippen molar-refractivity contribution in [3.8, 4) is 0 Å². The lowest BCUT2D eigenvalue weighted by Gasteiger charge is -2.25. The monoisotopic (exact) mass is 245 g/mol. The van der Waals surface area contributed by atoms with Crippen molar-refractivity contribution in [1.29, 1.82) is 0 Å². The minimum atomic E-state index is 1.14. The Balaban J connectivity index is 2.10. The first-order valence-corrected chi connectivity index (χ1v) is 6.39. The van der Waals surface area contributed by atoms with Crippen LogP contribution in [-0.2, 0) is 0 Å². The Bertz CT molecular complexity index is 674. The molecule has 19 heavy (non-hydrogen) atoms. The highest BCUT2D eigenvalue weighted by atomic mass is 15.1. The van der Waals surface area contributed by atoms with E-state index in [-0.39, 0.29) is 0 Å². The molecule has 0 heterocycles. The van der Waals surface area contributed by atoms with Crippen molar-refractivity contribution in [3.05, 3.63) is 89.8 Å². The predicted octanol–water partition coefficient (Wildman–Crippen LogP) is 4.74. The molecule has 92 valence electrons. The summed E-state index contributed by atoms with van der Waals surface area (Å²) in [5.74, 6) is 0. The molecule has 0 bridgehead atoms. The first-order chi connectivity index (χ1) is 9.34. The van der Waals surface area contributed by atoms with Crippen LogP contribution in [0, 0.1) is 6.92 Å². The lowest BCUT2D eigenvalue weighted by Crippen LogP contribution is -2.14. The number of hydrogen-bond acceptors (Lipinski definition) is 1. The van der Waals surface area contributed by atoms with Gasteiger partial charge in [0.1, 0.15) is 0 Å². The molecule has 1 aliphatic rings. The van der Waals surface area contributed by atoms with Gasteiger partial charge in [-0.05, 0) is 48.9 Å². The van der Waals surface area contributed by atoms with Crippen molar-refractivity contribution in [2.45, 2.75) is 6.92 Å². The minimum absolute atomic E-state index is 1.14. The van der Waals surface area contributed by atoms with Crippen LogP contribution in [0.15, 0.2) is 84.3 Å². The van der Waals surface area contributed by atoms with Gasteiger partial charge in [-0.3, -0.25) is 0 Å².